The summed E-state index contributed by atoms with van der Waals surface area (Å²) in [6.45, 7) is 0.380. The van der Waals surface area contributed by atoms with E-state index in [1.165, 1.54) is 0 Å². The smallest absolute Gasteiger partial charge is 0.312 e. The Hall–Kier alpha value is -1.88. The second-order valence-corrected chi connectivity index (χ2v) is 4.77. The van der Waals surface area contributed by atoms with Crippen LogP contribution < -0.4 is 5.32 Å². The van der Waals surface area contributed by atoms with Gasteiger partial charge in [0.2, 0.25) is 5.91 Å². The molecule has 0 spiro atoms. The van der Waals surface area contributed by atoms with Crippen molar-refractivity contribution < 1.29 is 14.7 Å². The molecule has 0 aliphatic rings. The van der Waals surface area contributed by atoms with Gasteiger partial charge in [0.25, 0.3) is 0 Å². The molecular weight excluding hydrogens is 238 g/mol. The van der Waals surface area contributed by atoms with E-state index in [2.05, 4.69) is 5.32 Å². The minimum Gasteiger partial charge on any atom is -0.481 e. The van der Waals surface area contributed by atoms with E-state index < -0.39 is 18.3 Å². The van der Waals surface area contributed by atoms with Crippen molar-refractivity contribution in [2.24, 2.45) is 0 Å². The third-order valence-electron chi connectivity index (χ3n) is 2.25. The average Bonchev–Trinajstić information content (AvgIpc) is 2.68. The van der Waals surface area contributed by atoms with Gasteiger partial charge in [-0.25, -0.2) is 0 Å². The van der Waals surface area contributed by atoms with Crippen LogP contribution in [-0.4, -0.2) is 17.0 Å². The van der Waals surface area contributed by atoms with Gasteiger partial charge < -0.3 is 10.4 Å². The molecule has 4 nitrogen and oxygen atoms in total. The molecule has 0 unspecified atom stereocenters. The Morgan fingerprint density at radius 2 is 2.06 bits per heavy atom. The Labute approximate surface area is 102 Å². The Bertz CT molecular complexity index is 529. The summed E-state index contributed by atoms with van der Waals surface area (Å²) in [5.74, 6) is -1.58. The molecule has 1 amide bonds. The third kappa shape index (κ3) is 3.04. The number of aliphatic carboxylic acids is 1. The molecule has 5 heteroatoms. The number of carboxylic acids is 1. The molecular formula is C12H11NO3S. The lowest BCUT2D eigenvalue weighted by molar-refractivity contribution is -0.140. The standard InChI is InChI=1S/C12H11NO3S/c14-11(6-12(15)16)13-7-9-5-8-3-1-2-4-10(8)17-9/h1-5H,6-7H2,(H,13,14)(H,15,16). The highest BCUT2D eigenvalue weighted by molar-refractivity contribution is 7.19. The van der Waals surface area contributed by atoms with Crippen LogP contribution in [0, 0.1) is 0 Å². The first kappa shape index (κ1) is 11.6. The van der Waals surface area contributed by atoms with E-state index in [0.717, 1.165) is 15.0 Å². The molecule has 1 aromatic heterocycles. The van der Waals surface area contributed by atoms with Crippen LogP contribution in [0.1, 0.15) is 11.3 Å². The maximum Gasteiger partial charge on any atom is 0.312 e. The number of carbonyl (C=O) groups excluding carboxylic acids is 1. The predicted molar refractivity (Wildman–Crippen MR) is 65.9 cm³/mol. The van der Waals surface area contributed by atoms with Gasteiger partial charge in [-0.05, 0) is 17.5 Å². The highest BCUT2D eigenvalue weighted by Crippen LogP contribution is 2.24. The Kier molecular flexibility index (Phi) is 3.39. The van der Waals surface area contributed by atoms with Crippen molar-refractivity contribution in [3.05, 3.63) is 35.2 Å². The summed E-state index contributed by atoms with van der Waals surface area (Å²) in [5.41, 5.74) is 0. The maximum absolute atomic E-state index is 11.2. The molecule has 17 heavy (non-hydrogen) atoms. The van der Waals surface area contributed by atoms with Crippen LogP contribution in [-0.2, 0) is 16.1 Å². The molecule has 0 saturated heterocycles. The van der Waals surface area contributed by atoms with Crippen LogP contribution in [0.2, 0.25) is 0 Å². The average molecular weight is 249 g/mol. The van der Waals surface area contributed by atoms with Crippen molar-refractivity contribution in [3.63, 3.8) is 0 Å². The van der Waals surface area contributed by atoms with Gasteiger partial charge in [0.15, 0.2) is 0 Å². The zero-order valence-electron chi connectivity index (χ0n) is 8.97. The van der Waals surface area contributed by atoms with Crippen molar-refractivity contribution >= 4 is 33.3 Å². The van der Waals surface area contributed by atoms with E-state index >= 15 is 0 Å². The number of fused-ring (bicyclic) bond motifs is 1. The number of nitrogens with one attached hydrogen (secondary N) is 1. The van der Waals surface area contributed by atoms with Gasteiger partial charge in [0, 0.05) is 9.58 Å². The second-order valence-electron chi connectivity index (χ2n) is 3.60. The summed E-state index contributed by atoms with van der Waals surface area (Å²) in [5, 5.41) is 12.2. The molecule has 1 aromatic carbocycles. The molecule has 0 aliphatic heterocycles. The molecule has 88 valence electrons. The monoisotopic (exact) mass is 249 g/mol. The summed E-state index contributed by atoms with van der Waals surface area (Å²) in [7, 11) is 0. The van der Waals surface area contributed by atoms with Crippen LogP contribution in [0.5, 0.6) is 0 Å². The Morgan fingerprint density at radius 1 is 1.29 bits per heavy atom. The number of carbonyl (C=O) groups is 2. The van der Waals surface area contributed by atoms with Gasteiger partial charge in [-0.15, -0.1) is 11.3 Å². The zero-order valence-corrected chi connectivity index (χ0v) is 9.79. The lowest BCUT2D eigenvalue weighted by Crippen LogP contribution is -2.24. The largest absolute Gasteiger partial charge is 0.481 e. The first-order valence-electron chi connectivity index (χ1n) is 5.11. The van der Waals surface area contributed by atoms with Crippen molar-refractivity contribution in [1.29, 1.82) is 0 Å². The van der Waals surface area contributed by atoms with Crippen LogP contribution in [0.15, 0.2) is 30.3 Å². The van der Waals surface area contributed by atoms with Gasteiger partial charge in [-0.1, -0.05) is 18.2 Å². The van der Waals surface area contributed by atoms with E-state index in [9.17, 15) is 9.59 Å². The normalized spacial score (nSPS) is 10.4. The Morgan fingerprint density at radius 3 is 2.76 bits per heavy atom. The molecule has 2 N–H and O–H groups in total. The number of carboxylic acid groups (broad SMARTS) is 1. The molecule has 0 saturated carbocycles. The van der Waals surface area contributed by atoms with Crippen LogP contribution >= 0.6 is 11.3 Å². The number of hydrogen-bond acceptors (Lipinski definition) is 3. The number of thiophene rings is 1. The summed E-state index contributed by atoms with van der Waals surface area (Å²) < 4.78 is 1.16. The number of hydrogen-bond donors (Lipinski definition) is 2. The van der Waals surface area contributed by atoms with Crippen molar-refractivity contribution in [3.8, 4) is 0 Å². The molecule has 2 rings (SSSR count). The highest BCUT2D eigenvalue weighted by atomic mass is 32.1. The summed E-state index contributed by atoms with van der Waals surface area (Å²) in [4.78, 5) is 22.5. The van der Waals surface area contributed by atoms with Crippen molar-refractivity contribution in [2.75, 3.05) is 0 Å². The van der Waals surface area contributed by atoms with E-state index in [-0.39, 0.29) is 0 Å². The molecule has 0 fully saturated rings. The van der Waals surface area contributed by atoms with Crippen molar-refractivity contribution in [1.82, 2.24) is 5.32 Å². The molecule has 0 aliphatic carbocycles. The topological polar surface area (TPSA) is 66.4 Å². The fourth-order valence-electron chi connectivity index (χ4n) is 1.51. The molecule has 0 bridgehead atoms. The first-order valence-corrected chi connectivity index (χ1v) is 5.93. The van der Waals surface area contributed by atoms with E-state index in [1.807, 2.05) is 30.3 Å². The summed E-state index contributed by atoms with van der Waals surface area (Å²) in [6, 6.07) is 9.95. The number of rotatable bonds is 4. The first-order chi connectivity index (χ1) is 8.15. The van der Waals surface area contributed by atoms with Crippen molar-refractivity contribution in [2.45, 2.75) is 13.0 Å². The fraction of sp³-hybridized carbons (Fsp3) is 0.167. The number of amides is 1. The highest BCUT2D eigenvalue weighted by Gasteiger charge is 2.07. The quantitative estimate of drug-likeness (QED) is 0.814. The number of benzene rings is 1. The van der Waals surface area contributed by atoms with Gasteiger partial charge in [0.05, 0.1) is 6.54 Å². The third-order valence-corrected chi connectivity index (χ3v) is 3.36. The predicted octanol–water partition coefficient (Wildman–Crippen LogP) is 1.99. The molecule has 0 radical (unpaired) electrons. The minimum absolute atomic E-state index is 0.380. The Balaban J connectivity index is 1.99. The zero-order chi connectivity index (χ0) is 12.3. The fourth-order valence-corrected chi connectivity index (χ4v) is 2.51. The molecule has 0 atom stereocenters. The lowest BCUT2D eigenvalue weighted by atomic mass is 10.2. The van der Waals surface area contributed by atoms with Crippen LogP contribution in [0.3, 0.4) is 0 Å². The van der Waals surface area contributed by atoms with Gasteiger partial charge in [-0.3, -0.25) is 9.59 Å². The maximum atomic E-state index is 11.2. The van der Waals surface area contributed by atoms with E-state index in [1.54, 1.807) is 11.3 Å². The van der Waals surface area contributed by atoms with E-state index in [4.69, 9.17) is 5.11 Å². The van der Waals surface area contributed by atoms with Gasteiger partial charge in [-0.2, -0.15) is 0 Å². The van der Waals surface area contributed by atoms with Crippen LogP contribution in [0.4, 0.5) is 0 Å². The SMILES string of the molecule is O=C(O)CC(=O)NCc1cc2ccccc2s1. The molecule has 2 aromatic rings. The lowest BCUT2D eigenvalue weighted by Gasteiger charge is -1.99. The van der Waals surface area contributed by atoms with Crippen LogP contribution in [0.25, 0.3) is 10.1 Å². The van der Waals surface area contributed by atoms with Gasteiger partial charge >= 0.3 is 5.97 Å². The second kappa shape index (κ2) is 4.97. The van der Waals surface area contributed by atoms with Gasteiger partial charge in [0.1, 0.15) is 6.42 Å². The summed E-state index contributed by atoms with van der Waals surface area (Å²) >= 11 is 1.60. The molecule has 1 heterocycles. The minimum atomic E-state index is -1.11. The van der Waals surface area contributed by atoms with E-state index in [0.29, 0.717) is 6.54 Å². The summed E-state index contributed by atoms with van der Waals surface area (Å²) in [6.07, 6.45) is -0.481.